The van der Waals surface area contributed by atoms with Crippen molar-refractivity contribution in [1.82, 2.24) is 5.32 Å². The summed E-state index contributed by atoms with van der Waals surface area (Å²) in [4.78, 5) is 12.5. The first-order valence-corrected chi connectivity index (χ1v) is 9.02. The number of ether oxygens (including phenoxy) is 3. The maximum Gasteiger partial charge on any atom is 0.247 e. The smallest absolute Gasteiger partial charge is 0.247 e. The molecule has 2 fully saturated rings. The predicted octanol–water partition coefficient (Wildman–Crippen LogP) is -0.0227. The molecule has 0 bridgehead atoms. The van der Waals surface area contributed by atoms with Gasteiger partial charge in [-0.3, -0.25) is 4.79 Å². The Morgan fingerprint density at radius 3 is 2.46 bits per heavy atom. The molecule has 1 aliphatic heterocycles. The summed E-state index contributed by atoms with van der Waals surface area (Å²) in [5, 5.41) is 33.4. The highest BCUT2D eigenvalue weighted by molar-refractivity contribution is 5.97. The number of aliphatic hydroxyl groups is 3. The van der Waals surface area contributed by atoms with Crippen LogP contribution in [-0.2, 0) is 14.3 Å². The molecular formula is C20H25NO7. The highest BCUT2D eigenvalue weighted by Gasteiger charge is 2.53. The van der Waals surface area contributed by atoms with Gasteiger partial charge in [-0.1, -0.05) is 24.8 Å². The van der Waals surface area contributed by atoms with E-state index in [2.05, 4.69) is 11.9 Å². The molecule has 1 aromatic rings. The van der Waals surface area contributed by atoms with Crippen LogP contribution < -0.4 is 10.1 Å². The third kappa shape index (κ3) is 4.26. The minimum atomic E-state index is -1.38. The number of carbonyl (C=O) groups excluding carboxylic acids is 1. The molecule has 152 valence electrons. The van der Waals surface area contributed by atoms with Gasteiger partial charge in [-0.05, 0) is 30.7 Å². The number of benzene rings is 1. The Kier molecular flexibility index (Phi) is 6.48. The van der Waals surface area contributed by atoms with E-state index in [1.165, 1.54) is 0 Å². The van der Waals surface area contributed by atoms with Crippen molar-refractivity contribution in [2.75, 3.05) is 13.4 Å². The Hall–Kier alpha value is -2.23. The number of rotatable bonds is 6. The molecule has 1 aromatic carbocycles. The summed E-state index contributed by atoms with van der Waals surface area (Å²) >= 11 is 0. The average Bonchev–Trinajstić information content (AvgIpc) is 3.19. The zero-order valence-corrected chi connectivity index (χ0v) is 15.5. The molecule has 4 N–H and O–H groups in total. The summed E-state index contributed by atoms with van der Waals surface area (Å²) in [5.41, 5.74) is 1.16. The molecule has 2 aliphatic rings. The van der Waals surface area contributed by atoms with Gasteiger partial charge in [0.1, 0.15) is 49.7 Å². The van der Waals surface area contributed by atoms with Gasteiger partial charge in [-0.25, -0.2) is 0 Å². The summed E-state index contributed by atoms with van der Waals surface area (Å²) < 4.78 is 15.9. The largest absolute Gasteiger partial charge is 0.490 e. The van der Waals surface area contributed by atoms with E-state index in [0.29, 0.717) is 17.9 Å². The van der Waals surface area contributed by atoms with Crippen LogP contribution in [0.25, 0.3) is 6.08 Å². The summed E-state index contributed by atoms with van der Waals surface area (Å²) in [6.45, 7) is 5.53. The lowest BCUT2D eigenvalue weighted by Crippen LogP contribution is -2.67. The maximum absolute atomic E-state index is 12.5. The van der Waals surface area contributed by atoms with E-state index in [1.807, 2.05) is 0 Å². The molecule has 8 heteroatoms. The van der Waals surface area contributed by atoms with Crippen molar-refractivity contribution < 1.29 is 34.3 Å². The molecule has 28 heavy (non-hydrogen) atoms. The average molecular weight is 391 g/mol. The van der Waals surface area contributed by atoms with Gasteiger partial charge in [0.25, 0.3) is 0 Å². The van der Waals surface area contributed by atoms with Crippen molar-refractivity contribution in [3.63, 3.8) is 0 Å². The lowest BCUT2D eigenvalue weighted by atomic mass is 9.83. The quantitative estimate of drug-likeness (QED) is 0.398. The van der Waals surface area contributed by atoms with Crippen LogP contribution in [0, 0.1) is 0 Å². The standard InChI is InChI=1S/C20H25NO7/c1-3-8-26-13-6-4-12(5-7-13)9-11(2)20(25)21-14-15(22)17(24)19-18(16(14)23)27-10-28-19/h3-7,9,14-19,22-24H,1,8,10H2,2H3,(H,21,25)/b11-9-/t14-,15+,16-,17-,18+,19-/m1/s1. The minimum absolute atomic E-state index is 0.0811. The number of hydrogen-bond donors (Lipinski definition) is 4. The molecule has 0 spiro atoms. The third-order valence-electron chi connectivity index (χ3n) is 4.89. The van der Waals surface area contributed by atoms with Crippen molar-refractivity contribution in [1.29, 1.82) is 0 Å². The topological polar surface area (TPSA) is 117 Å². The number of nitrogens with one attached hydrogen (secondary N) is 1. The van der Waals surface area contributed by atoms with Crippen molar-refractivity contribution in [2.24, 2.45) is 0 Å². The van der Waals surface area contributed by atoms with Crippen LogP contribution in [0.5, 0.6) is 5.75 Å². The van der Waals surface area contributed by atoms with E-state index in [0.717, 1.165) is 5.56 Å². The van der Waals surface area contributed by atoms with Gasteiger partial charge in [0.05, 0.1) is 6.04 Å². The number of aliphatic hydroxyl groups excluding tert-OH is 3. The highest BCUT2D eigenvalue weighted by Crippen LogP contribution is 2.30. The molecule has 0 aromatic heterocycles. The molecule has 1 saturated carbocycles. The van der Waals surface area contributed by atoms with Crippen LogP contribution in [0.4, 0.5) is 0 Å². The van der Waals surface area contributed by atoms with Gasteiger partial charge in [0.2, 0.25) is 5.91 Å². The Morgan fingerprint density at radius 2 is 1.82 bits per heavy atom. The minimum Gasteiger partial charge on any atom is -0.490 e. The first-order chi connectivity index (χ1) is 13.4. The van der Waals surface area contributed by atoms with Crippen molar-refractivity contribution >= 4 is 12.0 Å². The van der Waals surface area contributed by atoms with E-state index >= 15 is 0 Å². The van der Waals surface area contributed by atoms with Gasteiger partial charge < -0.3 is 34.8 Å². The molecule has 0 radical (unpaired) electrons. The van der Waals surface area contributed by atoms with E-state index in [-0.39, 0.29) is 6.79 Å². The Balaban J connectivity index is 1.66. The van der Waals surface area contributed by atoms with Crippen molar-refractivity contribution in [2.45, 2.75) is 43.5 Å². The number of amides is 1. The van der Waals surface area contributed by atoms with Gasteiger partial charge in [0, 0.05) is 5.57 Å². The normalized spacial score (nSPS) is 32.5. The lowest BCUT2D eigenvalue weighted by molar-refractivity contribution is -0.155. The molecule has 1 heterocycles. The van der Waals surface area contributed by atoms with Crippen LogP contribution in [0.15, 0.2) is 42.5 Å². The van der Waals surface area contributed by atoms with Crippen LogP contribution in [-0.4, -0.2) is 71.2 Å². The third-order valence-corrected chi connectivity index (χ3v) is 4.89. The van der Waals surface area contributed by atoms with E-state index < -0.39 is 42.5 Å². The fraction of sp³-hybridized carbons (Fsp3) is 0.450. The zero-order chi connectivity index (χ0) is 20.3. The highest BCUT2D eigenvalue weighted by atomic mass is 16.7. The first-order valence-electron chi connectivity index (χ1n) is 9.02. The van der Waals surface area contributed by atoms with Gasteiger partial charge in [0.15, 0.2) is 0 Å². The maximum atomic E-state index is 12.5. The summed E-state index contributed by atoms with van der Waals surface area (Å²) in [7, 11) is 0. The molecule has 3 rings (SSSR count). The Bertz CT molecular complexity index is 733. The predicted molar refractivity (Wildman–Crippen MR) is 100 cm³/mol. The molecule has 6 atom stereocenters. The molecule has 8 nitrogen and oxygen atoms in total. The molecule has 1 aliphatic carbocycles. The molecular weight excluding hydrogens is 366 g/mol. The van der Waals surface area contributed by atoms with E-state index in [4.69, 9.17) is 14.2 Å². The monoisotopic (exact) mass is 391 g/mol. The van der Waals surface area contributed by atoms with Gasteiger partial charge >= 0.3 is 0 Å². The van der Waals surface area contributed by atoms with Gasteiger partial charge in [-0.2, -0.15) is 0 Å². The van der Waals surface area contributed by atoms with Crippen LogP contribution in [0.1, 0.15) is 12.5 Å². The molecule has 0 unspecified atom stereocenters. The number of fused-ring (bicyclic) bond motifs is 1. The zero-order valence-electron chi connectivity index (χ0n) is 15.5. The summed E-state index contributed by atoms with van der Waals surface area (Å²) in [6, 6.07) is 6.09. The number of carbonyl (C=O) groups is 1. The van der Waals surface area contributed by atoms with Crippen molar-refractivity contribution in [3.8, 4) is 5.75 Å². The second-order valence-electron chi connectivity index (χ2n) is 6.85. The Morgan fingerprint density at radius 1 is 1.18 bits per heavy atom. The second kappa shape index (κ2) is 8.85. The van der Waals surface area contributed by atoms with Gasteiger partial charge in [-0.15, -0.1) is 0 Å². The Labute approximate surface area is 163 Å². The second-order valence-corrected chi connectivity index (χ2v) is 6.85. The molecule has 1 saturated heterocycles. The van der Waals surface area contributed by atoms with E-state index in [9.17, 15) is 20.1 Å². The molecule has 1 amide bonds. The van der Waals surface area contributed by atoms with Crippen molar-refractivity contribution in [3.05, 3.63) is 48.1 Å². The van der Waals surface area contributed by atoms with E-state index in [1.54, 1.807) is 43.3 Å². The first kappa shape index (κ1) is 20.5. The summed E-state index contributed by atoms with van der Waals surface area (Å²) in [5.74, 6) is 0.217. The fourth-order valence-corrected chi connectivity index (χ4v) is 3.35. The van der Waals surface area contributed by atoms with Crippen LogP contribution >= 0.6 is 0 Å². The SMILES string of the molecule is C=CCOc1ccc(/C=C(/C)C(=O)N[C@@H]2[C@H](O)[C@@H](O)[C@H]3OCO[C@H]3[C@@H]2O)cc1. The summed E-state index contributed by atoms with van der Waals surface area (Å²) in [6.07, 6.45) is -2.16. The van der Waals surface area contributed by atoms with Crippen LogP contribution in [0.2, 0.25) is 0 Å². The van der Waals surface area contributed by atoms with Crippen LogP contribution in [0.3, 0.4) is 0 Å². The fourth-order valence-electron chi connectivity index (χ4n) is 3.35. The number of hydrogen-bond acceptors (Lipinski definition) is 7. The lowest BCUT2D eigenvalue weighted by Gasteiger charge is -2.41.